The third-order valence-electron chi connectivity index (χ3n) is 4.46. The molecule has 2 atom stereocenters. The molecule has 0 unspecified atom stereocenters. The zero-order chi connectivity index (χ0) is 17.1. The van der Waals surface area contributed by atoms with Crippen molar-refractivity contribution in [1.29, 1.82) is 0 Å². The zero-order valence-corrected chi connectivity index (χ0v) is 14.9. The summed E-state index contributed by atoms with van der Waals surface area (Å²) in [4.78, 5) is 16.3. The highest BCUT2D eigenvalue weighted by Crippen LogP contribution is 2.37. The molecule has 1 aromatic heterocycles. The Morgan fingerprint density at radius 2 is 2.12 bits per heavy atom. The normalized spacial score (nSPS) is 20.9. The lowest BCUT2D eigenvalue weighted by atomic mass is 9.96. The van der Waals surface area contributed by atoms with Crippen LogP contribution >= 0.6 is 11.3 Å². The Balaban J connectivity index is 1.88. The third-order valence-corrected chi connectivity index (χ3v) is 5.61. The Labute approximate surface area is 146 Å². The van der Waals surface area contributed by atoms with Crippen LogP contribution < -0.4 is 4.74 Å². The van der Waals surface area contributed by atoms with Gasteiger partial charge in [-0.15, -0.1) is 11.3 Å². The van der Waals surface area contributed by atoms with Crippen molar-refractivity contribution in [3.8, 4) is 16.2 Å². The molecule has 1 amide bonds. The average molecular weight is 345 g/mol. The van der Waals surface area contributed by atoms with E-state index in [1.54, 1.807) is 4.90 Å². The van der Waals surface area contributed by atoms with E-state index < -0.39 is 6.10 Å². The molecule has 1 aliphatic heterocycles. The molecule has 0 aliphatic carbocycles. The first-order chi connectivity index (χ1) is 11.6. The number of hydrogen-bond donors (Lipinski definition) is 1. The van der Waals surface area contributed by atoms with Gasteiger partial charge in [-0.1, -0.05) is 37.3 Å². The fraction of sp³-hybridized carbons (Fsp3) is 0.421. The molecule has 4 nitrogen and oxygen atoms in total. The van der Waals surface area contributed by atoms with Crippen molar-refractivity contribution >= 4 is 17.2 Å². The fourth-order valence-corrected chi connectivity index (χ4v) is 3.98. The maximum Gasteiger partial charge on any atom is 0.267 e. The standard InChI is InChI=1S/C19H23NO3S/c1-3-23-16-11-17(14-7-5-4-6-8-14)24-18(16)19(22)20-10-9-13(2)15(21)12-20/h4-8,11,13,15,21H,3,9-10,12H2,1-2H3/t13-,15+/m0/s1. The monoisotopic (exact) mass is 345 g/mol. The molecule has 1 saturated heterocycles. The van der Waals surface area contributed by atoms with Crippen LogP contribution in [0.2, 0.25) is 0 Å². The van der Waals surface area contributed by atoms with Crippen molar-refractivity contribution in [1.82, 2.24) is 4.90 Å². The lowest BCUT2D eigenvalue weighted by molar-refractivity contribution is 0.0249. The van der Waals surface area contributed by atoms with Crippen molar-refractivity contribution in [2.24, 2.45) is 5.92 Å². The molecule has 1 aromatic carbocycles. The molecule has 2 heterocycles. The van der Waals surface area contributed by atoms with E-state index in [9.17, 15) is 9.90 Å². The van der Waals surface area contributed by atoms with Crippen LogP contribution in [-0.4, -0.2) is 41.7 Å². The number of aliphatic hydroxyl groups excluding tert-OH is 1. The molecule has 5 heteroatoms. The first kappa shape index (κ1) is 17.0. The maximum atomic E-state index is 12.9. The summed E-state index contributed by atoms with van der Waals surface area (Å²) >= 11 is 1.46. The fourth-order valence-electron chi connectivity index (χ4n) is 2.91. The van der Waals surface area contributed by atoms with Gasteiger partial charge in [0.15, 0.2) is 0 Å². The largest absolute Gasteiger partial charge is 0.492 e. The topological polar surface area (TPSA) is 49.8 Å². The van der Waals surface area contributed by atoms with E-state index in [4.69, 9.17) is 4.74 Å². The number of amides is 1. The van der Waals surface area contributed by atoms with Crippen LogP contribution in [0.25, 0.3) is 10.4 Å². The third kappa shape index (κ3) is 3.47. The smallest absolute Gasteiger partial charge is 0.267 e. The minimum Gasteiger partial charge on any atom is -0.492 e. The predicted molar refractivity (Wildman–Crippen MR) is 96.6 cm³/mol. The molecular weight excluding hydrogens is 322 g/mol. The summed E-state index contributed by atoms with van der Waals surface area (Å²) in [6.45, 7) is 5.54. The number of rotatable bonds is 4. The summed E-state index contributed by atoms with van der Waals surface area (Å²) in [6, 6.07) is 11.9. The van der Waals surface area contributed by atoms with E-state index in [2.05, 4.69) is 0 Å². The van der Waals surface area contributed by atoms with Gasteiger partial charge in [-0.25, -0.2) is 0 Å². The lowest BCUT2D eigenvalue weighted by Crippen LogP contribution is -2.45. The molecule has 1 fully saturated rings. The van der Waals surface area contributed by atoms with Gasteiger partial charge in [-0.3, -0.25) is 4.79 Å². The Hall–Kier alpha value is -1.85. The van der Waals surface area contributed by atoms with Crippen LogP contribution in [0, 0.1) is 5.92 Å². The molecule has 0 bridgehead atoms. The van der Waals surface area contributed by atoms with Gasteiger partial charge >= 0.3 is 0 Å². The number of nitrogens with zero attached hydrogens (tertiary/aromatic N) is 1. The SMILES string of the molecule is CCOc1cc(-c2ccccc2)sc1C(=O)N1CC[C@H](C)[C@H](O)C1. The molecule has 1 N–H and O–H groups in total. The number of β-amino-alcohol motifs (C(OH)–C–C–N with tert-alkyl or cyclic N) is 1. The number of likely N-dealkylation sites (tertiary alicyclic amines) is 1. The maximum absolute atomic E-state index is 12.9. The number of hydrogen-bond acceptors (Lipinski definition) is 4. The van der Waals surface area contributed by atoms with Crippen LogP contribution in [0.1, 0.15) is 29.9 Å². The van der Waals surface area contributed by atoms with Gasteiger partial charge in [0.25, 0.3) is 5.91 Å². The number of thiophene rings is 1. The van der Waals surface area contributed by atoms with Gasteiger partial charge in [0.1, 0.15) is 10.6 Å². The summed E-state index contributed by atoms with van der Waals surface area (Å²) in [5.41, 5.74) is 1.08. The van der Waals surface area contributed by atoms with Crippen molar-refractivity contribution in [2.45, 2.75) is 26.4 Å². The van der Waals surface area contributed by atoms with Crippen molar-refractivity contribution < 1.29 is 14.6 Å². The molecule has 2 aromatic rings. The molecule has 0 radical (unpaired) electrons. The minimum absolute atomic E-state index is 0.0448. The molecular formula is C19H23NO3S. The molecule has 24 heavy (non-hydrogen) atoms. The summed E-state index contributed by atoms with van der Waals surface area (Å²) in [5.74, 6) is 0.833. The molecule has 0 saturated carbocycles. The van der Waals surface area contributed by atoms with Gasteiger partial charge in [0, 0.05) is 18.0 Å². The highest BCUT2D eigenvalue weighted by atomic mass is 32.1. The van der Waals surface area contributed by atoms with Gasteiger partial charge in [-0.2, -0.15) is 0 Å². The van der Waals surface area contributed by atoms with Gasteiger partial charge in [0.05, 0.1) is 12.7 Å². The number of ether oxygens (including phenoxy) is 1. The summed E-state index contributed by atoms with van der Waals surface area (Å²) in [7, 11) is 0. The van der Waals surface area contributed by atoms with Crippen molar-refractivity contribution in [3.63, 3.8) is 0 Å². The summed E-state index contributed by atoms with van der Waals surface area (Å²) < 4.78 is 5.70. The first-order valence-corrected chi connectivity index (χ1v) is 9.21. The Bertz CT molecular complexity index is 698. The quantitative estimate of drug-likeness (QED) is 0.920. The Morgan fingerprint density at radius 1 is 1.38 bits per heavy atom. The zero-order valence-electron chi connectivity index (χ0n) is 14.1. The molecule has 0 spiro atoms. The van der Waals surface area contributed by atoms with E-state index in [1.807, 2.05) is 50.2 Å². The number of piperidine rings is 1. The minimum atomic E-state index is -0.452. The van der Waals surface area contributed by atoms with E-state index in [0.29, 0.717) is 30.3 Å². The van der Waals surface area contributed by atoms with Crippen LogP contribution in [-0.2, 0) is 0 Å². The highest BCUT2D eigenvalue weighted by Gasteiger charge is 2.30. The second-order valence-electron chi connectivity index (χ2n) is 6.19. The van der Waals surface area contributed by atoms with E-state index in [1.165, 1.54) is 11.3 Å². The summed E-state index contributed by atoms with van der Waals surface area (Å²) in [6.07, 6.45) is 0.375. The van der Waals surface area contributed by atoms with Crippen LogP contribution in [0.15, 0.2) is 36.4 Å². The van der Waals surface area contributed by atoms with E-state index in [-0.39, 0.29) is 11.8 Å². The Kier molecular flexibility index (Phi) is 5.21. The second-order valence-corrected chi connectivity index (χ2v) is 7.24. The van der Waals surface area contributed by atoms with Gasteiger partial charge in [-0.05, 0) is 30.9 Å². The number of carbonyl (C=O) groups is 1. The predicted octanol–water partition coefficient (Wildman–Crippen LogP) is 3.66. The van der Waals surface area contributed by atoms with Crippen LogP contribution in [0.3, 0.4) is 0 Å². The summed E-state index contributed by atoms with van der Waals surface area (Å²) in [5, 5.41) is 10.1. The van der Waals surface area contributed by atoms with Gasteiger partial charge in [0.2, 0.25) is 0 Å². The highest BCUT2D eigenvalue weighted by molar-refractivity contribution is 7.17. The number of benzene rings is 1. The first-order valence-electron chi connectivity index (χ1n) is 8.39. The second kappa shape index (κ2) is 7.36. The molecule has 128 valence electrons. The molecule has 1 aliphatic rings. The number of aliphatic hydroxyl groups is 1. The van der Waals surface area contributed by atoms with Gasteiger partial charge < -0.3 is 14.7 Å². The Morgan fingerprint density at radius 3 is 2.79 bits per heavy atom. The lowest BCUT2D eigenvalue weighted by Gasteiger charge is -2.34. The van der Waals surface area contributed by atoms with Crippen molar-refractivity contribution in [3.05, 3.63) is 41.3 Å². The molecule has 3 rings (SSSR count). The number of carbonyl (C=O) groups excluding carboxylic acids is 1. The van der Waals surface area contributed by atoms with Crippen LogP contribution in [0.4, 0.5) is 0 Å². The van der Waals surface area contributed by atoms with Crippen molar-refractivity contribution in [2.75, 3.05) is 19.7 Å². The van der Waals surface area contributed by atoms with E-state index in [0.717, 1.165) is 16.9 Å². The average Bonchev–Trinajstić information content (AvgIpc) is 3.02. The van der Waals surface area contributed by atoms with E-state index >= 15 is 0 Å². The van der Waals surface area contributed by atoms with Crippen LogP contribution in [0.5, 0.6) is 5.75 Å².